The van der Waals surface area contributed by atoms with E-state index in [0.717, 1.165) is 18.5 Å². The van der Waals surface area contributed by atoms with E-state index in [0.29, 0.717) is 47.7 Å². The van der Waals surface area contributed by atoms with Crippen molar-refractivity contribution in [3.63, 3.8) is 0 Å². The highest BCUT2D eigenvalue weighted by Crippen LogP contribution is 2.41. The van der Waals surface area contributed by atoms with Crippen molar-refractivity contribution < 1.29 is 19.2 Å². The Hall–Kier alpha value is -2.44. The molecule has 4 rings (SSSR count). The maximum absolute atomic E-state index is 13.3. The average Bonchev–Trinajstić information content (AvgIpc) is 3.37. The molecule has 132 valence electrons. The zero-order valence-corrected chi connectivity index (χ0v) is 14.4. The molecular weight excluding hydrogens is 322 g/mol. The molecule has 3 heterocycles. The molecule has 1 aliphatic heterocycles. The number of carboxylic acids is 1. The summed E-state index contributed by atoms with van der Waals surface area (Å²) in [6.45, 7) is 4.17. The summed E-state index contributed by atoms with van der Waals surface area (Å²) in [6.07, 6.45) is 3.44. The Morgan fingerprint density at radius 3 is 2.76 bits per heavy atom. The number of carboxylic acid groups (broad SMARTS) is 1. The van der Waals surface area contributed by atoms with Gasteiger partial charge in [0.25, 0.3) is 11.6 Å². The third-order valence-electron chi connectivity index (χ3n) is 5.43. The van der Waals surface area contributed by atoms with E-state index in [1.165, 1.54) is 0 Å². The third kappa shape index (κ3) is 2.67. The molecule has 7 nitrogen and oxygen atoms in total. The average molecular weight is 343 g/mol. The number of aromatic nitrogens is 2. The summed E-state index contributed by atoms with van der Waals surface area (Å²) in [6, 6.07) is 1.51. The second kappa shape index (κ2) is 5.82. The SMILES string of the molecule is Cc1noc2nc(C3CC3)cc(C(=O)N3CCC[C@@H](C(=O)O)[C@H]3C)c12. The van der Waals surface area contributed by atoms with Gasteiger partial charge in [-0.25, -0.2) is 4.98 Å². The van der Waals surface area contributed by atoms with Crippen molar-refractivity contribution in [3.8, 4) is 0 Å². The van der Waals surface area contributed by atoms with Crippen LogP contribution in [0.15, 0.2) is 10.6 Å². The summed E-state index contributed by atoms with van der Waals surface area (Å²) in [5, 5.41) is 14.0. The van der Waals surface area contributed by atoms with Gasteiger partial charge in [-0.3, -0.25) is 9.59 Å². The van der Waals surface area contributed by atoms with Crippen LogP contribution in [0.1, 0.15) is 60.3 Å². The number of carbonyl (C=O) groups excluding carboxylic acids is 1. The first-order valence-electron chi connectivity index (χ1n) is 8.78. The molecule has 1 amide bonds. The van der Waals surface area contributed by atoms with Gasteiger partial charge >= 0.3 is 5.97 Å². The first-order valence-corrected chi connectivity index (χ1v) is 8.78. The van der Waals surface area contributed by atoms with Gasteiger partial charge in [-0.05, 0) is 45.6 Å². The number of amides is 1. The molecule has 1 N–H and O–H groups in total. The molecule has 25 heavy (non-hydrogen) atoms. The Bertz CT molecular complexity index is 855. The molecule has 1 saturated heterocycles. The summed E-state index contributed by atoms with van der Waals surface area (Å²) in [5.41, 5.74) is 2.42. The monoisotopic (exact) mass is 343 g/mol. The quantitative estimate of drug-likeness (QED) is 0.920. The van der Waals surface area contributed by atoms with Crippen molar-refractivity contribution in [2.75, 3.05) is 6.54 Å². The lowest BCUT2D eigenvalue weighted by molar-refractivity contribution is -0.144. The van der Waals surface area contributed by atoms with Crippen LogP contribution >= 0.6 is 0 Å². The molecule has 2 atom stereocenters. The molecule has 1 saturated carbocycles. The number of aliphatic carboxylic acids is 1. The Balaban J connectivity index is 1.76. The van der Waals surface area contributed by atoms with Gasteiger partial charge in [-0.15, -0.1) is 0 Å². The second-order valence-electron chi connectivity index (χ2n) is 7.14. The second-order valence-corrected chi connectivity index (χ2v) is 7.14. The Kier molecular flexibility index (Phi) is 3.74. The zero-order chi connectivity index (χ0) is 17.7. The largest absolute Gasteiger partial charge is 0.481 e. The number of pyridine rings is 1. The van der Waals surface area contributed by atoms with Crippen molar-refractivity contribution in [1.29, 1.82) is 0 Å². The molecule has 2 aromatic heterocycles. The number of nitrogens with zero attached hydrogens (tertiary/aromatic N) is 3. The number of piperidine rings is 1. The lowest BCUT2D eigenvalue weighted by Crippen LogP contribution is -2.49. The lowest BCUT2D eigenvalue weighted by Gasteiger charge is -2.37. The van der Waals surface area contributed by atoms with Gasteiger partial charge in [0.05, 0.1) is 22.6 Å². The van der Waals surface area contributed by atoms with E-state index in [4.69, 9.17) is 4.52 Å². The molecule has 0 aromatic carbocycles. The van der Waals surface area contributed by atoms with E-state index in [9.17, 15) is 14.7 Å². The first-order chi connectivity index (χ1) is 12.0. The highest BCUT2D eigenvalue weighted by Gasteiger charge is 2.37. The maximum Gasteiger partial charge on any atom is 0.308 e. The van der Waals surface area contributed by atoms with Crippen LogP contribution in [0.3, 0.4) is 0 Å². The van der Waals surface area contributed by atoms with E-state index < -0.39 is 11.9 Å². The van der Waals surface area contributed by atoms with E-state index in [-0.39, 0.29) is 11.9 Å². The van der Waals surface area contributed by atoms with Crippen molar-refractivity contribution >= 4 is 23.0 Å². The highest BCUT2D eigenvalue weighted by atomic mass is 16.5. The number of aryl methyl sites for hydroxylation is 1. The molecule has 2 aliphatic rings. The fourth-order valence-electron chi connectivity index (χ4n) is 3.79. The smallest absolute Gasteiger partial charge is 0.308 e. The molecular formula is C18H21N3O4. The van der Waals surface area contributed by atoms with Crippen LogP contribution in [-0.2, 0) is 4.79 Å². The Morgan fingerprint density at radius 1 is 1.32 bits per heavy atom. The van der Waals surface area contributed by atoms with E-state index in [1.807, 2.05) is 13.0 Å². The van der Waals surface area contributed by atoms with Crippen molar-refractivity contribution in [2.24, 2.45) is 5.92 Å². The number of hydrogen-bond acceptors (Lipinski definition) is 5. The van der Waals surface area contributed by atoms with Crippen molar-refractivity contribution in [2.45, 2.75) is 51.5 Å². The number of likely N-dealkylation sites (tertiary alicyclic amines) is 1. The van der Waals surface area contributed by atoms with Crippen LogP contribution in [0, 0.1) is 12.8 Å². The van der Waals surface area contributed by atoms with E-state index in [2.05, 4.69) is 10.1 Å². The number of rotatable bonds is 3. The van der Waals surface area contributed by atoms with Crippen molar-refractivity contribution in [3.05, 3.63) is 23.0 Å². The van der Waals surface area contributed by atoms with Crippen LogP contribution in [-0.4, -0.2) is 44.6 Å². The van der Waals surface area contributed by atoms with Gasteiger partial charge in [-0.2, -0.15) is 0 Å². The zero-order valence-electron chi connectivity index (χ0n) is 14.4. The Labute approximate surface area is 145 Å². The molecule has 0 radical (unpaired) electrons. The summed E-state index contributed by atoms with van der Waals surface area (Å²) in [7, 11) is 0. The normalized spacial score (nSPS) is 23.8. The minimum Gasteiger partial charge on any atom is -0.481 e. The molecule has 0 spiro atoms. The fraction of sp³-hybridized carbons (Fsp3) is 0.556. The van der Waals surface area contributed by atoms with Crippen LogP contribution in [0.4, 0.5) is 0 Å². The van der Waals surface area contributed by atoms with Crippen LogP contribution in [0.2, 0.25) is 0 Å². The minimum absolute atomic E-state index is 0.154. The molecule has 7 heteroatoms. The van der Waals surface area contributed by atoms with Gasteiger partial charge in [0.1, 0.15) is 0 Å². The van der Waals surface area contributed by atoms with Gasteiger partial charge in [0.2, 0.25) is 0 Å². The van der Waals surface area contributed by atoms with Crippen molar-refractivity contribution in [1.82, 2.24) is 15.0 Å². The maximum atomic E-state index is 13.3. The predicted octanol–water partition coefficient (Wildman–Crippen LogP) is 2.73. The number of carbonyl (C=O) groups is 2. The van der Waals surface area contributed by atoms with Gasteiger partial charge in [0, 0.05) is 24.2 Å². The van der Waals surface area contributed by atoms with Gasteiger partial charge in [0.15, 0.2) is 0 Å². The van der Waals surface area contributed by atoms with Crippen LogP contribution in [0.5, 0.6) is 0 Å². The number of hydrogen-bond donors (Lipinski definition) is 1. The van der Waals surface area contributed by atoms with Crippen LogP contribution < -0.4 is 0 Å². The third-order valence-corrected chi connectivity index (χ3v) is 5.43. The summed E-state index contributed by atoms with van der Waals surface area (Å²) in [5.74, 6) is -1.14. The lowest BCUT2D eigenvalue weighted by atomic mass is 9.89. The number of fused-ring (bicyclic) bond motifs is 1. The molecule has 2 aromatic rings. The first kappa shape index (κ1) is 16.1. The minimum atomic E-state index is -0.843. The molecule has 1 aliphatic carbocycles. The van der Waals surface area contributed by atoms with E-state index in [1.54, 1.807) is 11.8 Å². The standard InChI is InChI=1S/C18H21N3O4/c1-9-15-13(8-14(11-5-6-11)19-16(15)25-20-9)17(22)21-7-3-4-12(10(21)2)18(23)24/h8,10-12H,3-7H2,1-2H3,(H,23,24)/t10-,12-/m1/s1. The fourth-order valence-corrected chi connectivity index (χ4v) is 3.79. The predicted molar refractivity (Wildman–Crippen MR) is 89.4 cm³/mol. The molecule has 0 bridgehead atoms. The topological polar surface area (TPSA) is 96.5 Å². The van der Waals surface area contributed by atoms with Gasteiger partial charge < -0.3 is 14.5 Å². The summed E-state index contributed by atoms with van der Waals surface area (Å²) in [4.78, 5) is 30.9. The summed E-state index contributed by atoms with van der Waals surface area (Å²) < 4.78 is 5.31. The summed E-state index contributed by atoms with van der Waals surface area (Å²) >= 11 is 0. The molecule has 0 unspecified atom stereocenters. The Morgan fingerprint density at radius 2 is 2.08 bits per heavy atom. The van der Waals surface area contributed by atoms with Gasteiger partial charge in [-0.1, -0.05) is 5.16 Å². The highest BCUT2D eigenvalue weighted by molar-refractivity contribution is 6.06. The molecule has 2 fully saturated rings. The van der Waals surface area contributed by atoms with E-state index >= 15 is 0 Å². The van der Waals surface area contributed by atoms with Crippen LogP contribution in [0.25, 0.3) is 11.1 Å².